The first-order valence-electron chi connectivity index (χ1n) is 5.49. The summed E-state index contributed by atoms with van der Waals surface area (Å²) in [5, 5.41) is 18.5. The van der Waals surface area contributed by atoms with Gasteiger partial charge >= 0.3 is 5.97 Å². The lowest BCUT2D eigenvalue weighted by atomic mass is 10.1. The maximum absolute atomic E-state index is 10.9. The lowest BCUT2D eigenvalue weighted by molar-refractivity contribution is -0.149. The monoisotopic (exact) mass is 226 g/mol. The molecule has 1 aliphatic heterocycles. The summed E-state index contributed by atoms with van der Waals surface area (Å²) in [4.78, 5) is 10.9. The molecule has 2 N–H and O–H groups in total. The number of allylic oxidation sites excluding steroid dienone is 1. The molecule has 16 heavy (non-hydrogen) atoms. The van der Waals surface area contributed by atoms with Crippen LogP contribution in [0.1, 0.15) is 26.2 Å². The fraction of sp³-hybridized carbons (Fsp3) is 0.583. The first-order chi connectivity index (χ1) is 7.59. The summed E-state index contributed by atoms with van der Waals surface area (Å²) in [6.07, 6.45) is 6.94. The van der Waals surface area contributed by atoms with Gasteiger partial charge in [-0.05, 0) is 32.3 Å². The molecule has 1 rings (SSSR count). The summed E-state index contributed by atoms with van der Waals surface area (Å²) in [5.41, 5.74) is 0. The number of esters is 1. The number of carbonyl (C=O) groups is 1. The minimum Gasteiger partial charge on any atom is -0.456 e. The minimum atomic E-state index is -0.706. The van der Waals surface area contributed by atoms with Gasteiger partial charge in [-0.3, -0.25) is 0 Å². The molecule has 4 nitrogen and oxygen atoms in total. The van der Waals surface area contributed by atoms with Gasteiger partial charge in [-0.25, -0.2) is 4.79 Å². The van der Waals surface area contributed by atoms with Crippen molar-refractivity contribution >= 4 is 5.97 Å². The molecule has 90 valence electrons. The third-order valence-electron chi connectivity index (χ3n) is 2.34. The Morgan fingerprint density at radius 2 is 2.31 bits per heavy atom. The van der Waals surface area contributed by atoms with Crippen molar-refractivity contribution < 1.29 is 19.7 Å². The second-order valence-electron chi connectivity index (χ2n) is 3.96. The van der Waals surface area contributed by atoms with Crippen LogP contribution in [0.4, 0.5) is 0 Å². The summed E-state index contributed by atoms with van der Waals surface area (Å²) < 4.78 is 4.97. The summed E-state index contributed by atoms with van der Waals surface area (Å²) in [6.45, 7) is 1.72. The Hall–Kier alpha value is -1.13. The topological polar surface area (TPSA) is 66.8 Å². The predicted molar refractivity (Wildman–Crippen MR) is 59.7 cm³/mol. The zero-order valence-electron chi connectivity index (χ0n) is 9.37. The zero-order valence-corrected chi connectivity index (χ0v) is 9.37. The van der Waals surface area contributed by atoms with E-state index < -0.39 is 18.2 Å². The van der Waals surface area contributed by atoms with E-state index in [0.29, 0.717) is 12.8 Å². The van der Waals surface area contributed by atoms with Crippen molar-refractivity contribution in [3.63, 3.8) is 0 Å². The van der Waals surface area contributed by atoms with Gasteiger partial charge in [-0.1, -0.05) is 12.2 Å². The Bertz CT molecular complexity index is 281. The molecule has 0 saturated heterocycles. The van der Waals surface area contributed by atoms with Gasteiger partial charge in [0, 0.05) is 6.08 Å². The van der Waals surface area contributed by atoms with Gasteiger partial charge in [0.05, 0.1) is 6.10 Å². The lowest BCUT2D eigenvalue weighted by Gasteiger charge is -2.22. The molecule has 1 heterocycles. The smallest absolute Gasteiger partial charge is 0.330 e. The normalized spacial score (nSPS) is 27.1. The standard InChI is InChI=1S/C12H18O4/c1-9(13)5-3-2-4-6-11-10(14)7-8-12(15)16-11/h2-3,7-11,13-14H,4-6H2,1H3/t9-,10+,11-/m0/s1. The SMILES string of the molecule is C[C@H](O)CC=CCC[C@@H]1OC(=O)C=C[C@H]1O. The van der Waals surface area contributed by atoms with Crippen LogP contribution in [-0.2, 0) is 9.53 Å². The number of aliphatic hydroxyl groups excluding tert-OH is 2. The molecular formula is C12H18O4. The number of ether oxygens (including phenoxy) is 1. The van der Waals surface area contributed by atoms with Crippen molar-refractivity contribution in [2.45, 2.75) is 44.5 Å². The molecule has 1 aliphatic rings. The van der Waals surface area contributed by atoms with Gasteiger partial charge in [-0.2, -0.15) is 0 Å². The molecule has 0 aliphatic carbocycles. The Morgan fingerprint density at radius 1 is 1.56 bits per heavy atom. The van der Waals surface area contributed by atoms with Crippen molar-refractivity contribution in [3.05, 3.63) is 24.3 Å². The number of hydrogen-bond donors (Lipinski definition) is 2. The average Bonchev–Trinajstić information content (AvgIpc) is 2.22. The van der Waals surface area contributed by atoms with Gasteiger partial charge in [0.15, 0.2) is 0 Å². The largest absolute Gasteiger partial charge is 0.456 e. The van der Waals surface area contributed by atoms with Crippen LogP contribution < -0.4 is 0 Å². The maximum atomic E-state index is 10.9. The van der Waals surface area contributed by atoms with Gasteiger partial charge in [-0.15, -0.1) is 0 Å². The highest BCUT2D eigenvalue weighted by Crippen LogP contribution is 2.14. The fourth-order valence-electron chi connectivity index (χ4n) is 1.46. The van der Waals surface area contributed by atoms with Gasteiger partial charge < -0.3 is 14.9 Å². The van der Waals surface area contributed by atoms with Crippen LogP contribution in [0.3, 0.4) is 0 Å². The molecule has 0 saturated carbocycles. The Morgan fingerprint density at radius 3 is 3.00 bits per heavy atom. The van der Waals surface area contributed by atoms with E-state index in [1.165, 1.54) is 12.2 Å². The summed E-state index contributed by atoms with van der Waals surface area (Å²) in [7, 11) is 0. The number of aliphatic hydroxyl groups is 2. The molecule has 4 heteroatoms. The minimum absolute atomic E-state index is 0.336. The maximum Gasteiger partial charge on any atom is 0.330 e. The molecule has 0 aromatic heterocycles. The van der Waals surface area contributed by atoms with E-state index in [-0.39, 0.29) is 6.10 Å². The molecule has 0 radical (unpaired) electrons. The van der Waals surface area contributed by atoms with Crippen LogP contribution in [0.5, 0.6) is 0 Å². The van der Waals surface area contributed by atoms with Gasteiger partial charge in [0.2, 0.25) is 0 Å². The van der Waals surface area contributed by atoms with Crippen LogP contribution in [0.2, 0.25) is 0 Å². The molecule has 0 amide bonds. The van der Waals surface area contributed by atoms with Crippen molar-refractivity contribution in [1.82, 2.24) is 0 Å². The molecule has 3 atom stereocenters. The van der Waals surface area contributed by atoms with Crippen molar-refractivity contribution in [1.29, 1.82) is 0 Å². The first-order valence-corrected chi connectivity index (χ1v) is 5.49. The fourth-order valence-corrected chi connectivity index (χ4v) is 1.46. The van der Waals surface area contributed by atoms with Gasteiger partial charge in [0.25, 0.3) is 0 Å². The Labute approximate surface area is 95.2 Å². The van der Waals surface area contributed by atoms with E-state index >= 15 is 0 Å². The highest BCUT2D eigenvalue weighted by atomic mass is 16.6. The van der Waals surface area contributed by atoms with E-state index in [1.807, 2.05) is 12.2 Å². The Balaban J connectivity index is 2.25. The molecule has 0 fully saturated rings. The van der Waals surface area contributed by atoms with Crippen LogP contribution in [-0.4, -0.2) is 34.5 Å². The van der Waals surface area contributed by atoms with Crippen molar-refractivity contribution in [3.8, 4) is 0 Å². The van der Waals surface area contributed by atoms with E-state index in [9.17, 15) is 9.90 Å². The zero-order chi connectivity index (χ0) is 12.0. The molecule has 0 aromatic carbocycles. The summed E-state index contributed by atoms with van der Waals surface area (Å²) in [5.74, 6) is -0.400. The number of carbonyl (C=O) groups excluding carboxylic acids is 1. The summed E-state index contributed by atoms with van der Waals surface area (Å²) in [6, 6.07) is 0. The number of hydrogen-bond acceptors (Lipinski definition) is 4. The summed E-state index contributed by atoms with van der Waals surface area (Å²) >= 11 is 0. The highest BCUT2D eigenvalue weighted by Gasteiger charge is 2.23. The van der Waals surface area contributed by atoms with Crippen molar-refractivity contribution in [2.75, 3.05) is 0 Å². The molecule has 0 unspecified atom stereocenters. The van der Waals surface area contributed by atoms with E-state index in [0.717, 1.165) is 6.42 Å². The lowest BCUT2D eigenvalue weighted by Crippen LogP contribution is -2.32. The van der Waals surface area contributed by atoms with Crippen LogP contribution >= 0.6 is 0 Å². The third-order valence-corrected chi connectivity index (χ3v) is 2.34. The molecule has 0 aromatic rings. The third kappa shape index (κ3) is 4.59. The highest BCUT2D eigenvalue weighted by molar-refractivity contribution is 5.83. The van der Waals surface area contributed by atoms with Crippen LogP contribution in [0.25, 0.3) is 0 Å². The second-order valence-corrected chi connectivity index (χ2v) is 3.96. The number of cyclic esters (lactones) is 1. The molecular weight excluding hydrogens is 208 g/mol. The van der Waals surface area contributed by atoms with E-state index in [2.05, 4.69) is 0 Å². The predicted octanol–water partition coefficient (Wildman–Crippen LogP) is 0.936. The molecule has 0 bridgehead atoms. The van der Waals surface area contributed by atoms with Crippen LogP contribution in [0.15, 0.2) is 24.3 Å². The van der Waals surface area contributed by atoms with E-state index in [4.69, 9.17) is 9.84 Å². The van der Waals surface area contributed by atoms with Crippen molar-refractivity contribution in [2.24, 2.45) is 0 Å². The Kier molecular flexibility index (Phi) is 5.22. The quantitative estimate of drug-likeness (QED) is 0.540. The average molecular weight is 226 g/mol. The first kappa shape index (κ1) is 12.9. The van der Waals surface area contributed by atoms with E-state index in [1.54, 1.807) is 6.92 Å². The van der Waals surface area contributed by atoms with Gasteiger partial charge in [0.1, 0.15) is 12.2 Å². The van der Waals surface area contributed by atoms with Crippen LogP contribution in [0, 0.1) is 0 Å². The second kappa shape index (κ2) is 6.45. The molecule has 0 spiro atoms. The number of rotatable bonds is 5.